The maximum absolute atomic E-state index is 12.1. The van der Waals surface area contributed by atoms with Crippen molar-refractivity contribution in [1.29, 1.82) is 0 Å². The predicted molar refractivity (Wildman–Crippen MR) is 79.3 cm³/mol. The molecule has 0 radical (unpaired) electrons. The fourth-order valence-electron chi connectivity index (χ4n) is 1.64. The molecule has 0 saturated heterocycles. The minimum atomic E-state index is -3.67. The van der Waals surface area contributed by atoms with Gasteiger partial charge < -0.3 is 11.1 Å². The van der Waals surface area contributed by atoms with Crippen LogP contribution in [0.15, 0.2) is 47.5 Å². The van der Waals surface area contributed by atoms with E-state index in [1.807, 2.05) is 0 Å². The lowest BCUT2D eigenvalue weighted by Gasteiger charge is -2.10. The molecule has 4 N–H and O–H groups in total. The molecule has 0 bridgehead atoms. The molecule has 0 spiro atoms. The Labute approximate surface area is 122 Å². The molecule has 0 aliphatic heterocycles. The third-order valence-electron chi connectivity index (χ3n) is 2.71. The molecule has 0 atom stereocenters. The van der Waals surface area contributed by atoms with Gasteiger partial charge >= 0.3 is 0 Å². The van der Waals surface area contributed by atoms with E-state index in [-0.39, 0.29) is 16.3 Å². The number of hydrogen-bond donors (Lipinski definition) is 3. The summed E-state index contributed by atoms with van der Waals surface area (Å²) in [4.78, 5) is 15.9. The number of anilines is 2. The Kier molecular flexibility index (Phi) is 4.20. The van der Waals surface area contributed by atoms with Crippen LogP contribution >= 0.6 is 0 Å². The number of benzene rings is 1. The quantitative estimate of drug-likeness (QED) is 0.774. The van der Waals surface area contributed by atoms with E-state index in [0.717, 1.165) is 0 Å². The number of pyridine rings is 1. The van der Waals surface area contributed by atoms with E-state index in [9.17, 15) is 13.2 Å². The van der Waals surface area contributed by atoms with Crippen LogP contribution in [-0.2, 0) is 10.0 Å². The Morgan fingerprint density at radius 3 is 2.52 bits per heavy atom. The van der Waals surface area contributed by atoms with Gasteiger partial charge in [0.2, 0.25) is 10.0 Å². The summed E-state index contributed by atoms with van der Waals surface area (Å²) in [5.41, 5.74) is 6.25. The van der Waals surface area contributed by atoms with Crippen LogP contribution in [0.1, 0.15) is 10.5 Å². The number of carbonyl (C=O) groups is 1. The summed E-state index contributed by atoms with van der Waals surface area (Å²) >= 11 is 0. The van der Waals surface area contributed by atoms with Crippen LogP contribution in [0, 0.1) is 0 Å². The lowest BCUT2D eigenvalue weighted by Crippen LogP contribution is -2.22. The van der Waals surface area contributed by atoms with Crippen molar-refractivity contribution < 1.29 is 13.2 Å². The number of nitrogens with one attached hydrogen (secondary N) is 2. The Morgan fingerprint density at radius 2 is 1.90 bits per heavy atom. The zero-order chi connectivity index (χ0) is 15.5. The largest absolute Gasteiger partial charge is 0.397 e. The van der Waals surface area contributed by atoms with E-state index in [1.165, 1.54) is 37.5 Å². The van der Waals surface area contributed by atoms with Crippen molar-refractivity contribution in [2.24, 2.45) is 0 Å². The number of aromatic nitrogens is 1. The fraction of sp³-hybridized carbons (Fsp3) is 0.0769. The first-order valence-corrected chi connectivity index (χ1v) is 7.48. The maximum atomic E-state index is 12.1. The summed E-state index contributed by atoms with van der Waals surface area (Å²) in [7, 11) is -2.37. The first-order chi connectivity index (χ1) is 9.94. The molecular formula is C13H14N4O3S. The van der Waals surface area contributed by atoms with Crippen molar-refractivity contribution in [2.75, 3.05) is 18.1 Å². The van der Waals surface area contributed by atoms with Gasteiger partial charge in [0.15, 0.2) is 0 Å². The van der Waals surface area contributed by atoms with Gasteiger partial charge in [0.1, 0.15) is 10.6 Å². The zero-order valence-corrected chi connectivity index (χ0v) is 12.0. The zero-order valence-electron chi connectivity index (χ0n) is 11.2. The molecule has 1 aromatic carbocycles. The number of nitrogen functional groups attached to an aromatic ring is 1. The molecule has 1 heterocycles. The molecule has 2 aromatic rings. The topological polar surface area (TPSA) is 114 Å². The number of hydrogen-bond acceptors (Lipinski definition) is 5. The first-order valence-electron chi connectivity index (χ1n) is 5.99. The van der Waals surface area contributed by atoms with Gasteiger partial charge in [-0.25, -0.2) is 18.1 Å². The van der Waals surface area contributed by atoms with E-state index < -0.39 is 15.9 Å². The van der Waals surface area contributed by atoms with Crippen LogP contribution in [0.4, 0.5) is 11.4 Å². The molecule has 21 heavy (non-hydrogen) atoms. The average molecular weight is 306 g/mol. The van der Waals surface area contributed by atoms with Crippen molar-refractivity contribution in [3.63, 3.8) is 0 Å². The molecule has 110 valence electrons. The molecule has 0 fully saturated rings. The van der Waals surface area contributed by atoms with Crippen LogP contribution in [0.2, 0.25) is 0 Å². The Bertz CT molecular complexity index is 757. The van der Waals surface area contributed by atoms with Gasteiger partial charge in [-0.15, -0.1) is 0 Å². The minimum Gasteiger partial charge on any atom is -0.397 e. The highest BCUT2D eigenvalue weighted by atomic mass is 32.2. The highest BCUT2D eigenvalue weighted by Gasteiger charge is 2.18. The molecule has 2 rings (SSSR count). The van der Waals surface area contributed by atoms with Gasteiger partial charge in [0.25, 0.3) is 5.91 Å². The second kappa shape index (κ2) is 5.90. The fourth-order valence-corrected chi connectivity index (χ4v) is 2.53. The SMILES string of the molecule is CNS(=O)(=O)c1ccccc1NC(=O)c1ccc(N)cn1. The summed E-state index contributed by atoms with van der Waals surface area (Å²) in [6.45, 7) is 0. The normalized spacial score (nSPS) is 11.1. The molecule has 1 amide bonds. The highest BCUT2D eigenvalue weighted by Crippen LogP contribution is 2.20. The van der Waals surface area contributed by atoms with E-state index in [4.69, 9.17) is 5.73 Å². The van der Waals surface area contributed by atoms with Crippen LogP contribution < -0.4 is 15.8 Å². The lowest BCUT2D eigenvalue weighted by molar-refractivity contribution is 0.102. The van der Waals surface area contributed by atoms with Crippen molar-refractivity contribution in [1.82, 2.24) is 9.71 Å². The maximum Gasteiger partial charge on any atom is 0.274 e. The lowest BCUT2D eigenvalue weighted by atomic mass is 10.3. The number of rotatable bonds is 4. The van der Waals surface area contributed by atoms with Crippen LogP contribution in [-0.4, -0.2) is 26.4 Å². The summed E-state index contributed by atoms with van der Waals surface area (Å²) < 4.78 is 26.0. The average Bonchev–Trinajstić information content (AvgIpc) is 2.48. The summed E-state index contributed by atoms with van der Waals surface area (Å²) in [6.07, 6.45) is 1.35. The molecule has 0 unspecified atom stereocenters. The van der Waals surface area contributed by atoms with Crippen LogP contribution in [0.5, 0.6) is 0 Å². The number of carbonyl (C=O) groups excluding carboxylic acids is 1. The van der Waals surface area contributed by atoms with Crippen molar-refractivity contribution in [3.8, 4) is 0 Å². The van der Waals surface area contributed by atoms with E-state index in [2.05, 4.69) is 15.0 Å². The van der Waals surface area contributed by atoms with Crippen molar-refractivity contribution >= 4 is 27.3 Å². The van der Waals surface area contributed by atoms with Gasteiger partial charge in [-0.2, -0.15) is 0 Å². The molecule has 0 aliphatic carbocycles. The smallest absolute Gasteiger partial charge is 0.274 e. The second-order valence-corrected chi connectivity index (χ2v) is 5.99. The van der Waals surface area contributed by atoms with Gasteiger partial charge in [0, 0.05) is 0 Å². The molecule has 1 aromatic heterocycles. The van der Waals surface area contributed by atoms with Gasteiger partial charge in [-0.05, 0) is 31.3 Å². The summed E-state index contributed by atoms with van der Waals surface area (Å²) in [6, 6.07) is 9.09. The van der Waals surface area contributed by atoms with E-state index >= 15 is 0 Å². The Hall–Kier alpha value is -2.45. The summed E-state index contributed by atoms with van der Waals surface area (Å²) in [5, 5.41) is 2.53. The number of amides is 1. The van der Waals surface area contributed by atoms with E-state index in [1.54, 1.807) is 12.1 Å². The molecule has 8 heteroatoms. The van der Waals surface area contributed by atoms with Gasteiger partial charge in [-0.1, -0.05) is 12.1 Å². The number of nitrogens with two attached hydrogens (primary N) is 1. The predicted octanol–water partition coefficient (Wildman–Crippen LogP) is 0.824. The standard InChI is InChI=1S/C13H14N4O3S/c1-15-21(19,20)12-5-3-2-4-10(12)17-13(18)11-7-6-9(14)8-16-11/h2-8,15H,14H2,1H3,(H,17,18). The van der Waals surface area contributed by atoms with Crippen molar-refractivity contribution in [2.45, 2.75) is 4.90 Å². The number of para-hydroxylation sites is 1. The van der Waals surface area contributed by atoms with Crippen LogP contribution in [0.25, 0.3) is 0 Å². The Balaban J connectivity index is 2.32. The second-order valence-electron chi connectivity index (χ2n) is 4.13. The van der Waals surface area contributed by atoms with Gasteiger partial charge in [-0.3, -0.25) is 4.79 Å². The highest BCUT2D eigenvalue weighted by molar-refractivity contribution is 7.89. The third-order valence-corrected chi connectivity index (χ3v) is 4.18. The molecule has 0 aliphatic rings. The van der Waals surface area contributed by atoms with Gasteiger partial charge in [0.05, 0.1) is 17.6 Å². The monoisotopic (exact) mass is 306 g/mol. The van der Waals surface area contributed by atoms with Crippen molar-refractivity contribution in [3.05, 3.63) is 48.3 Å². The molecule has 0 saturated carbocycles. The first kappa shape index (κ1) is 14.9. The Morgan fingerprint density at radius 1 is 1.19 bits per heavy atom. The number of nitrogens with zero attached hydrogens (tertiary/aromatic N) is 1. The molecule has 7 nitrogen and oxygen atoms in total. The van der Waals surface area contributed by atoms with E-state index in [0.29, 0.717) is 5.69 Å². The summed E-state index contributed by atoms with van der Waals surface area (Å²) in [5.74, 6) is -0.520. The molecular weight excluding hydrogens is 292 g/mol. The third kappa shape index (κ3) is 3.36. The number of sulfonamides is 1. The van der Waals surface area contributed by atoms with Crippen LogP contribution in [0.3, 0.4) is 0 Å². The minimum absolute atomic E-state index is 0.0173.